The van der Waals surface area contributed by atoms with Crippen molar-refractivity contribution in [1.29, 1.82) is 0 Å². The molecule has 0 aliphatic carbocycles. The number of hydrogen-bond acceptors (Lipinski definition) is 4. The van der Waals surface area contributed by atoms with Gasteiger partial charge in [-0.15, -0.1) is 0 Å². The minimum atomic E-state index is -1.42. The second-order valence-electron chi connectivity index (χ2n) is 6.29. The Kier molecular flexibility index (Phi) is 6.80. The van der Waals surface area contributed by atoms with E-state index in [4.69, 9.17) is 5.11 Å². The highest BCUT2D eigenvalue weighted by atomic mass is 19.1. The molecule has 0 saturated heterocycles. The molecule has 0 heterocycles. The van der Waals surface area contributed by atoms with Crippen LogP contribution in [0, 0.1) is 17.0 Å². The van der Waals surface area contributed by atoms with E-state index in [0.29, 0.717) is 0 Å². The maximum Gasteiger partial charge on any atom is 0.254 e. The van der Waals surface area contributed by atoms with Gasteiger partial charge in [-0.05, 0) is 25.1 Å². The summed E-state index contributed by atoms with van der Waals surface area (Å²) in [4.78, 5) is 23.7. The molecular formula is C16H22F2N2O4. The summed E-state index contributed by atoms with van der Waals surface area (Å²) in [5.74, 6) is -3.11. The first-order valence-corrected chi connectivity index (χ1v) is 7.41. The molecule has 0 aliphatic heterocycles. The molecule has 1 unspecified atom stereocenters. The van der Waals surface area contributed by atoms with Gasteiger partial charge in [-0.2, -0.15) is 0 Å². The van der Waals surface area contributed by atoms with Gasteiger partial charge in [-0.3, -0.25) is 9.59 Å². The van der Waals surface area contributed by atoms with Gasteiger partial charge in [0.05, 0.1) is 12.2 Å². The van der Waals surface area contributed by atoms with Gasteiger partial charge in [-0.1, -0.05) is 13.8 Å². The topological polar surface area (TPSA) is 98.7 Å². The molecule has 134 valence electrons. The molecular weight excluding hydrogens is 322 g/mol. The van der Waals surface area contributed by atoms with E-state index in [1.54, 1.807) is 6.92 Å². The van der Waals surface area contributed by atoms with Crippen LogP contribution in [-0.4, -0.2) is 47.3 Å². The molecule has 1 rings (SSSR count). The molecule has 6 nitrogen and oxygen atoms in total. The second-order valence-corrected chi connectivity index (χ2v) is 6.29. The molecule has 0 spiro atoms. The largest absolute Gasteiger partial charge is 0.396 e. The van der Waals surface area contributed by atoms with E-state index in [1.807, 2.05) is 0 Å². The van der Waals surface area contributed by atoms with E-state index >= 15 is 0 Å². The van der Waals surface area contributed by atoms with Gasteiger partial charge < -0.3 is 20.8 Å². The fraction of sp³-hybridized carbons (Fsp3) is 0.500. The van der Waals surface area contributed by atoms with Gasteiger partial charge >= 0.3 is 0 Å². The van der Waals surface area contributed by atoms with Crippen molar-refractivity contribution in [3.63, 3.8) is 0 Å². The highest BCUT2D eigenvalue weighted by Crippen LogP contribution is 2.19. The molecule has 0 saturated carbocycles. The lowest BCUT2D eigenvalue weighted by molar-refractivity contribution is -0.137. The molecule has 4 N–H and O–H groups in total. The molecule has 2 amide bonds. The Hall–Kier alpha value is -2.06. The van der Waals surface area contributed by atoms with Gasteiger partial charge in [0.2, 0.25) is 5.91 Å². The monoisotopic (exact) mass is 344 g/mol. The van der Waals surface area contributed by atoms with Crippen LogP contribution in [0.1, 0.15) is 31.1 Å². The number of carbonyl (C=O) groups is 2. The average molecular weight is 344 g/mol. The number of amides is 2. The Balaban J connectivity index is 2.57. The van der Waals surface area contributed by atoms with Crippen LogP contribution in [-0.2, 0) is 4.79 Å². The van der Waals surface area contributed by atoms with Crippen molar-refractivity contribution in [1.82, 2.24) is 10.6 Å². The Morgan fingerprint density at radius 3 is 2.50 bits per heavy atom. The van der Waals surface area contributed by atoms with Crippen LogP contribution in [0.2, 0.25) is 0 Å². The number of carbonyl (C=O) groups excluding carboxylic acids is 2. The molecule has 8 heteroatoms. The van der Waals surface area contributed by atoms with Crippen molar-refractivity contribution >= 4 is 11.8 Å². The molecule has 24 heavy (non-hydrogen) atoms. The lowest BCUT2D eigenvalue weighted by Crippen LogP contribution is -2.49. The van der Waals surface area contributed by atoms with E-state index in [1.165, 1.54) is 13.8 Å². The first-order chi connectivity index (χ1) is 11.1. The van der Waals surface area contributed by atoms with E-state index in [9.17, 15) is 23.5 Å². The Morgan fingerprint density at radius 2 is 1.92 bits per heavy atom. The number of nitrogens with one attached hydrogen (secondary N) is 2. The average Bonchev–Trinajstić information content (AvgIpc) is 2.53. The molecule has 1 aromatic carbocycles. The summed E-state index contributed by atoms with van der Waals surface area (Å²) in [7, 11) is 0. The minimum Gasteiger partial charge on any atom is -0.396 e. The van der Waals surface area contributed by atoms with Crippen LogP contribution in [0.25, 0.3) is 0 Å². The van der Waals surface area contributed by atoms with Crippen molar-refractivity contribution in [3.05, 3.63) is 35.4 Å². The highest BCUT2D eigenvalue weighted by molar-refractivity contribution is 5.94. The molecule has 0 radical (unpaired) electrons. The maximum atomic E-state index is 13.5. The van der Waals surface area contributed by atoms with Gasteiger partial charge in [0, 0.05) is 18.0 Å². The number of benzene rings is 1. The summed E-state index contributed by atoms with van der Waals surface area (Å²) in [6.07, 6.45) is -1.42. The Bertz CT molecular complexity index is 608. The summed E-state index contributed by atoms with van der Waals surface area (Å²) in [6.45, 7) is 4.19. The number of rotatable bonds is 7. The van der Waals surface area contributed by atoms with Crippen LogP contribution < -0.4 is 10.6 Å². The summed E-state index contributed by atoms with van der Waals surface area (Å²) >= 11 is 0. The van der Waals surface area contributed by atoms with Crippen LogP contribution in [0.4, 0.5) is 8.78 Å². The molecule has 0 aromatic heterocycles. The van der Waals surface area contributed by atoms with Crippen LogP contribution in [0.15, 0.2) is 18.2 Å². The van der Waals surface area contributed by atoms with Gasteiger partial charge in [0.15, 0.2) is 0 Å². The number of aliphatic hydroxyl groups excluding tert-OH is 2. The smallest absolute Gasteiger partial charge is 0.254 e. The predicted octanol–water partition coefficient (Wildman–Crippen LogP) is 0.579. The first-order valence-electron chi connectivity index (χ1n) is 7.41. The maximum absolute atomic E-state index is 13.5. The third kappa shape index (κ3) is 5.24. The van der Waals surface area contributed by atoms with Crippen LogP contribution in [0.3, 0.4) is 0 Å². The third-order valence-electron chi connectivity index (χ3n) is 3.53. The lowest BCUT2D eigenvalue weighted by Gasteiger charge is -2.27. The number of aliphatic hydroxyl groups is 2. The molecule has 0 aliphatic rings. The molecule has 1 aromatic rings. The summed E-state index contributed by atoms with van der Waals surface area (Å²) in [5, 5.41) is 23.8. The third-order valence-corrected chi connectivity index (χ3v) is 3.53. The minimum absolute atomic E-state index is 0.0277. The normalized spacial score (nSPS) is 14.0. The van der Waals surface area contributed by atoms with E-state index in [2.05, 4.69) is 10.6 Å². The summed E-state index contributed by atoms with van der Waals surface area (Å²) in [6, 6.07) is 1.95. The molecule has 2 atom stereocenters. The summed E-state index contributed by atoms with van der Waals surface area (Å²) in [5.41, 5.74) is -1.45. The lowest BCUT2D eigenvalue weighted by atomic mass is 9.87. The zero-order chi connectivity index (χ0) is 18.5. The fourth-order valence-electron chi connectivity index (χ4n) is 1.82. The first kappa shape index (κ1) is 20.0. The molecule has 0 fully saturated rings. The van der Waals surface area contributed by atoms with Crippen LogP contribution >= 0.6 is 0 Å². The van der Waals surface area contributed by atoms with Gasteiger partial charge in [0.25, 0.3) is 5.91 Å². The fourth-order valence-corrected chi connectivity index (χ4v) is 1.82. The zero-order valence-corrected chi connectivity index (χ0v) is 13.8. The Morgan fingerprint density at radius 1 is 1.29 bits per heavy atom. The van der Waals surface area contributed by atoms with Crippen LogP contribution in [0.5, 0.6) is 0 Å². The quantitative estimate of drug-likeness (QED) is 0.581. The van der Waals surface area contributed by atoms with Crippen molar-refractivity contribution in [2.45, 2.75) is 32.9 Å². The van der Waals surface area contributed by atoms with Crippen molar-refractivity contribution < 1.29 is 28.6 Å². The summed E-state index contributed by atoms with van der Waals surface area (Å²) < 4.78 is 26.6. The van der Waals surface area contributed by atoms with E-state index in [0.717, 1.165) is 18.2 Å². The second kappa shape index (κ2) is 8.16. The number of hydrogen-bond donors (Lipinski definition) is 4. The van der Waals surface area contributed by atoms with E-state index in [-0.39, 0.29) is 13.2 Å². The highest BCUT2D eigenvalue weighted by Gasteiger charge is 2.33. The SMILES string of the molecule is C[C@@H](CNC(=O)C(O)C(C)(C)CO)NC(=O)c1cc(F)ccc1F. The Labute approximate surface area is 138 Å². The van der Waals surface area contributed by atoms with Gasteiger partial charge in [0.1, 0.15) is 17.7 Å². The predicted molar refractivity (Wildman–Crippen MR) is 83.2 cm³/mol. The van der Waals surface area contributed by atoms with E-state index < -0.39 is 46.6 Å². The van der Waals surface area contributed by atoms with Gasteiger partial charge in [-0.25, -0.2) is 8.78 Å². The van der Waals surface area contributed by atoms with Crippen molar-refractivity contribution in [3.8, 4) is 0 Å². The zero-order valence-electron chi connectivity index (χ0n) is 13.8. The van der Waals surface area contributed by atoms with Crippen molar-refractivity contribution in [2.24, 2.45) is 5.41 Å². The van der Waals surface area contributed by atoms with Crippen molar-refractivity contribution in [2.75, 3.05) is 13.2 Å². The number of halogens is 2. The standard InChI is InChI=1S/C16H22F2N2O4/c1-9(7-19-15(24)13(22)16(2,3)8-21)20-14(23)11-6-10(17)4-5-12(11)18/h4-6,9,13,21-22H,7-8H2,1-3H3,(H,19,24)(H,20,23)/t9-,13?/m0/s1. The molecule has 0 bridgehead atoms.